The molecule has 6 nitrogen and oxygen atoms in total. The van der Waals surface area contributed by atoms with E-state index in [1.807, 2.05) is 24.3 Å². The molecule has 1 aromatic heterocycles. The van der Waals surface area contributed by atoms with Crippen molar-refractivity contribution in [2.75, 3.05) is 19.6 Å². The molecule has 0 spiro atoms. The summed E-state index contributed by atoms with van der Waals surface area (Å²) >= 11 is 0. The van der Waals surface area contributed by atoms with Gasteiger partial charge in [-0.1, -0.05) is 42.5 Å². The number of aryl methyl sites for hydroxylation is 1. The Morgan fingerprint density at radius 3 is 2.73 bits per heavy atom. The molecule has 0 aliphatic carbocycles. The van der Waals surface area contributed by atoms with Gasteiger partial charge in [-0.15, -0.1) is 0 Å². The summed E-state index contributed by atoms with van der Waals surface area (Å²) in [4.78, 5) is 32.2. The van der Waals surface area contributed by atoms with Crippen LogP contribution in [0, 0.1) is 12.8 Å². The Morgan fingerprint density at radius 1 is 1.13 bits per heavy atom. The number of hydrogen-bond donors (Lipinski definition) is 1. The van der Waals surface area contributed by atoms with Crippen LogP contribution in [0.4, 0.5) is 0 Å². The number of hydrogen-bond acceptors (Lipinski definition) is 4. The van der Waals surface area contributed by atoms with Crippen LogP contribution >= 0.6 is 0 Å². The van der Waals surface area contributed by atoms with Crippen LogP contribution in [-0.2, 0) is 17.9 Å². The van der Waals surface area contributed by atoms with E-state index in [4.69, 9.17) is 0 Å². The van der Waals surface area contributed by atoms with E-state index in [1.54, 1.807) is 13.0 Å². The molecule has 2 aromatic carbocycles. The normalized spacial score (nSPS) is 17.2. The van der Waals surface area contributed by atoms with Gasteiger partial charge >= 0.3 is 0 Å². The molecule has 1 fully saturated rings. The number of carbonyl (C=O) groups excluding carboxylic acids is 1. The Morgan fingerprint density at radius 2 is 1.90 bits per heavy atom. The molecule has 3 aromatic rings. The predicted molar refractivity (Wildman–Crippen MR) is 118 cm³/mol. The van der Waals surface area contributed by atoms with Gasteiger partial charge in [0.2, 0.25) is 5.91 Å². The number of piperidine rings is 1. The molecule has 4 rings (SSSR count). The van der Waals surface area contributed by atoms with E-state index in [0.717, 1.165) is 32.5 Å². The summed E-state index contributed by atoms with van der Waals surface area (Å²) in [5.74, 6) is 0.844. The fraction of sp³-hybridized carbons (Fsp3) is 0.375. The van der Waals surface area contributed by atoms with Crippen molar-refractivity contribution in [1.82, 2.24) is 19.8 Å². The van der Waals surface area contributed by atoms with Crippen molar-refractivity contribution in [2.45, 2.75) is 32.9 Å². The number of likely N-dealkylation sites (tertiary alicyclic amines) is 1. The summed E-state index contributed by atoms with van der Waals surface area (Å²) in [5, 5.41) is 3.58. The first kappa shape index (κ1) is 20.3. The number of carbonyl (C=O) groups is 1. The first-order valence-corrected chi connectivity index (χ1v) is 10.6. The van der Waals surface area contributed by atoms with E-state index in [0.29, 0.717) is 29.2 Å². The quantitative estimate of drug-likeness (QED) is 0.686. The van der Waals surface area contributed by atoms with Crippen molar-refractivity contribution >= 4 is 16.8 Å². The van der Waals surface area contributed by atoms with Gasteiger partial charge in [-0.05, 0) is 49.9 Å². The Kier molecular flexibility index (Phi) is 6.23. The van der Waals surface area contributed by atoms with Crippen molar-refractivity contribution in [1.29, 1.82) is 0 Å². The molecule has 6 heteroatoms. The monoisotopic (exact) mass is 404 g/mol. The average molecular weight is 405 g/mol. The molecule has 156 valence electrons. The maximum Gasteiger partial charge on any atom is 0.261 e. The van der Waals surface area contributed by atoms with Gasteiger partial charge in [0.25, 0.3) is 5.56 Å². The zero-order valence-corrected chi connectivity index (χ0v) is 17.4. The highest BCUT2D eigenvalue weighted by Crippen LogP contribution is 2.18. The second kappa shape index (κ2) is 9.22. The van der Waals surface area contributed by atoms with Crippen LogP contribution in [-0.4, -0.2) is 40.0 Å². The minimum Gasteiger partial charge on any atom is -0.354 e. The topological polar surface area (TPSA) is 67.2 Å². The molecular formula is C24H28N4O2. The summed E-state index contributed by atoms with van der Waals surface area (Å²) in [7, 11) is 0. The molecule has 1 aliphatic heterocycles. The van der Waals surface area contributed by atoms with Gasteiger partial charge in [-0.25, -0.2) is 4.98 Å². The number of amides is 1. The van der Waals surface area contributed by atoms with Gasteiger partial charge in [0.1, 0.15) is 12.4 Å². The van der Waals surface area contributed by atoms with Gasteiger partial charge in [0.05, 0.1) is 10.9 Å². The highest BCUT2D eigenvalue weighted by Gasteiger charge is 2.21. The fourth-order valence-corrected chi connectivity index (χ4v) is 4.23. The van der Waals surface area contributed by atoms with E-state index < -0.39 is 0 Å². The lowest BCUT2D eigenvalue weighted by molar-refractivity contribution is -0.122. The number of fused-ring (bicyclic) bond motifs is 1. The van der Waals surface area contributed by atoms with E-state index in [2.05, 4.69) is 39.5 Å². The largest absolute Gasteiger partial charge is 0.354 e. The third kappa shape index (κ3) is 4.76. The maximum absolute atomic E-state index is 12.7. The number of benzene rings is 2. The van der Waals surface area contributed by atoms with Gasteiger partial charge < -0.3 is 5.32 Å². The standard InChI is InChI=1S/C24H28N4O2/c1-18-26-22-12-6-5-11-21(22)24(30)28(18)17-23(29)25-14-20-10-7-13-27(16-20)15-19-8-3-2-4-9-19/h2-6,8-9,11-12,20H,7,10,13-17H2,1H3,(H,25,29). The van der Waals surface area contributed by atoms with Gasteiger partial charge in [0, 0.05) is 19.6 Å². The molecule has 0 saturated carbocycles. The van der Waals surface area contributed by atoms with Gasteiger partial charge in [-0.2, -0.15) is 0 Å². The molecule has 1 unspecified atom stereocenters. The second-order valence-corrected chi connectivity index (χ2v) is 8.10. The Balaban J connectivity index is 1.34. The van der Waals surface area contributed by atoms with Crippen LogP contribution in [0.1, 0.15) is 24.2 Å². The van der Waals surface area contributed by atoms with E-state index in [1.165, 1.54) is 10.1 Å². The van der Waals surface area contributed by atoms with Crippen molar-refractivity contribution in [2.24, 2.45) is 5.92 Å². The van der Waals surface area contributed by atoms with Crippen molar-refractivity contribution in [3.8, 4) is 0 Å². The molecule has 30 heavy (non-hydrogen) atoms. The van der Waals surface area contributed by atoms with Gasteiger partial charge in [0.15, 0.2) is 0 Å². The number of para-hydroxylation sites is 1. The Labute approximate surface area is 176 Å². The highest BCUT2D eigenvalue weighted by molar-refractivity contribution is 5.79. The lowest BCUT2D eigenvalue weighted by Gasteiger charge is -2.32. The van der Waals surface area contributed by atoms with E-state index in [9.17, 15) is 9.59 Å². The molecule has 2 heterocycles. The maximum atomic E-state index is 12.7. The van der Waals surface area contributed by atoms with E-state index >= 15 is 0 Å². The minimum atomic E-state index is -0.167. The zero-order chi connectivity index (χ0) is 20.9. The van der Waals surface area contributed by atoms with Crippen molar-refractivity contribution in [3.63, 3.8) is 0 Å². The smallest absolute Gasteiger partial charge is 0.261 e. The molecule has 0 bridgehead atoms. The summed E-state index contributed by atoms with van der Waals surface area (Å²) in [5.41, 5.74) is 1.82. The molecule has 1 N–H and O–H groups in total. The summed E-state index contributed by atoms with van der Waals surface area (Å²) in [6.07, 6.45) is 2.25. The Bertz CT molecular complexity index is 1080. The molecular weight excluding hydrogens is 376 g/mol. The molecule has 1 saturated heterocycles. The highest BCUT2D eigenvalue weighted by atomic mass is 16.2. The molecule has 1 atom stereocenters. The number of nitrogens with zero attached hydrogens (tertiary/aromatic N) is 3. The average Bonchev–Trinajstić information content (AvgIpc) is 2.76. The molecule has 1 aliphatic rings. The number of rotatable bonds is 6. The lowest BCUT2D eigenvalue weighted by Crippen LogP contribution is -2.42. The minimum absolute atomic E-state index is 0.00293. The first-order valence-electron chi connectivity index (χ1n) is 10.6. The van der Waals surface area contributed by atoms with Crippen LogP contribution in [0.5, 0.6) is 0 Å². The van der Waals surface area contributed by atoms with Crippen LogP contribution in [0.15, 0.2) is 59.4 Å². The summed E-state index contributed by atoms with van der Waals surface area (Å²) in [6, 6.07) is 17.7. The molecule has 0 radical (unpaired) electrons. The summed E-state index contributed by atoms with van der Waals surface area (Å²) in [6.45, 7) is 5.43. The van der Waals surface area contributed by atoms with E-state index in [-0.39, 0.29) is 18.0 Å². The summed E-state index contributed by atoms with van der Waals surface area (Å²) < 4.78 is 1.46. The Hall–Kier alpha value is -2.99. The van der Waals surface area contributed by atoms with Gasteiger partial charge in [-0.3, -0.25) is 19.1 Å². The molecule has 1 amide bonds. The zero-order valence-electron chi connectivity index (χ0n) is 17.4. The fourth-order valence-electron chi connectivity index (χ4n) is 4.23. The van der Waals surface area contributed by atoms with Crippen molar-refractivity contribution in [3.05, 3.63) is 76.3 Å². The number of aromatic nitrogens is 2. The van der Waals surface area contributed by atoms with Crippen LogP contribution in [0.2, 0.25) is 0 Å². The predicted octanol–water partition coefficient (Wildman–Crippen LogP) is 2.73. The second-order valence-electron chi connectivity index (χ2n) is 8.10. The van der Waals surface area contributed by atoms with Crippen molar-refractivity contribution < 1.29 is 4.79 Å². The number of nitrogens with one attached hydrogen (secondary N) is 1. The third-order valence-corrected chi connectivity index (χ3v) is 5.79. The lowest BCUT2D eigenvalue weighted by atomic mass is 9.97. The first-order chi connectivity index (χ1) is 14.6. The van der Waals surface area contributed by atoms with Crippen LogP contribution in [0.25, 0.3) is 10.9 Å². The van der Waals surface area contributed by atoms with Crippen LogP contribution in [0.3, 0.4) is 0 Å². The third-order valence-electron chi connectivity index (χ3n) is 5.79. The van der Waals surface area contributed by atoms with Crippen LogP contribution < -0.4 is 10.9 Å². The SMILES string of the molecule is Cc1nc2ccccc2c(=O)n1CC(=O)NCC1CCCN(Cc2ccccc2)C1.